The highest BCUT2D eigenvalue weighted by molar-refractivity contribution is 6.04. The Kier molecular flexibility index (Phi) is 2.98. The second-order valence-electron chi connectivity index (χ2n) is 6.64. The molecule has 0 radical (unpaired) electrons. The molecule has 0 bridgehead atoms. The molecule has 0 atom stereocenters. The van der Waals surface area contributed by atoms with E-state index in [2.05, 4.69) is 15.2 Å². The van der Waals surface area contributed by atoms with Gasteiger partial charge < -0.3 is 9.32 Å². The Morgan fingerprint density at radius 2 is 2.17 bits per heavy atom. The first-order valence-electron chi connectivity index (χ1n) is 8.50. The zero-order chi connectivity index (χ0) is 16.1. The lowest BCUT2D eigenvalue weighted by Gasteiger charge is -2.24. The second-order valence-corrected chi connectivity index (χ2v) is 6.64. The van der Waals surface area contributed by atoms with E-state index in [-0.39, 0.29) is 5.91 Å². The molecule has 5 rings (SSSR count). The Labute approximate surface area is 138 Å². The highest BCUT2D eigenvalue weighted by atomic mass is 16.4. The van der Waals surface area contributed by atoms with Gasteiger partial charge in [0.1, 0.15) is 11.5 Å². The van der Waals surface area contributed by atoms with Crippen LogP contribution in [0.25, 0.3) is 10.9 Å². The number of aromatic nitrogens is 3. The molecule has 1 amide bonds. The van der Waals surface area contributed by atoms with Crippen LogP contribution < -0.4 is 0 Å². The lowest BCUT2D eigenvalue weighted by atomic mass is 9.85. The first-order chi connectivity index (χ1) is 11.8. The molecule has 0 spiro atoms. The van der Waals surface area contributed by atoms with Crippen molar-refractivity contribution in [1.29, 1.82) is 0 Å². The number of hydrogen-bond donors (Lipinski definition) is 1. The van der Waals surface area contributed by atoms with E-state index in [9.17, 15) is 4.79 Å². The van der Waals surface area contributed by atoms with Crippen LogP contribution in [0.5, 0.6) is 0 Å². The van der Waals surface area contributed by atoms with Crippen molar-refractivity contribution in [3.05, 3.63) is 47.3 Å². The van der Waals surface area contributed by atoms with Crippen molar-refractivity contribution < 1.29 is 9.21 Å². The molecule has 1 N–H and O–H groups in total. The highest BCUT2D eigenvalue weighted by Gasteiger charge is 2.31. The first kappa shape index (κ1) is 13.8. The zero-order valence-corrected chi connectivity index (χ0v) is 13.3. The maximum absolute atomic E-state index is 12.9. The van der Waals surface area contributed by atoms with Gasteiger partial charge in [0.05, 0.1) is 12.1 Å². The van der Waals surface area contributed by atoms with E-state index in [1.807, 2.05) is 29.2 Å². The third-order valence-corrected chi connectivity index (χ3v) is 5.16. The molecule has 1 saturated carbocycles. The normalized spacial score (nSPS) is 17.8. The summed E-state index contributed by atoms with van der Waals surface area (Å²) in [5, 5.41) is 8.02. The Hall–Kier alpha value is -2.63. The van der Waals surface area contributed by atoms with Crippen molar-refractivity contribution in [2.45, 2.75) is 38.1 Å². The van der Waals surface area contributed by atoms with Crippen molar-refractivity contribution in [3.63, 3.8) is 0 Å². The summed E-state index contributed by atoms with van der Waals surface area (Å²) in [6.45, 7) is 1.15. The Balaban J connectivity index is 1.42. The fraction of sp³-hybridized carbons (Fsp3) is 0.389. The molecule has 0 unspecified atom stereocenters. The predicted octanol–water partition coefficient (Wildman–Crippen LogP) is 3.02. The van der Waals surface area contributed by atoms with Gasteiger partial charge in [-0.2, -0.15) is 5.10 Å². The van der Waals surface area contributed by atoms with Crippen LogP contribution in [0.3, 0.4) is 0 Å². The average molecular weight is 322 g/mol. The van der Waals surface area contributed by atoms with E-state index in [0.29, 0.717) is 24.7 Å². The van der Waals surface area contributed by atoms with Crippen molar-refractivity contribution in [3.8, 4) is 0 Å². The van der Waals surface area contributed by atoms with Crippen molar-refractivity contribution >= 4 is 16.8 Å². The summed E-state index contributed by atoms with van der Waals surface area (Å²) in [6, 6.07) is 7.70. The van der Waals surface area contributed by atoms with Gasteiger partial charge in [0.2, 0.25) is 0 Å². The maximum Gasteiger partial charge on any atom is 0.275 e. The highest BCUT2D eigenvalue weighted by Crippen LogP contribution is 2.37. The molecular formula is C18H18N4O2. The average Bonchev–Trinajstić information content (AvgIpc) is 3.15. The number of H-pyrrole nitrogens is 1. The van der Waals surface area contributed by atoms with Gasteiger partial charge in [0.15, 0.2) is 11.6 Å². The second kappa shape index (κ2) is 5.19. The van der Waals surface area contributed by atoms with E-state index in [0.717, 1.165) is 34.7 Å². The van der Waals surface area contributed by atoms with Gasteiger partial charge in [-0.1, -0.05) is 24.6 Å². The van der Waals surface area contributed by atoms with E-state index in [4.69, 9.17) is 4.42 Å². The summed E-state index contributed by atoms with van der Waals surface area (Å²) in [5.41, 5.74) is 2.28. The zero-order valence-electron chi connectivity index (χ0n) is 13.3. The lowest BCUT2D eigenvalue weighted by Crippen LogP contribution is -2.36. The van der Waals surface area contributed by atoms with Crippen LogP contribution in [-0.4, -0.2) is 32.5 Å². The molecule has 1 aliphatic carbocycles. The smallest absolute Gasteiger partial charge is 0.275 e. The maximum atomic E-state index is 12.9. The fourth-order valence-electron chi connectivity index (χ4n) is 3.50. The van der Waals surface area contributed by atoms with Gasteiger partial charge in [0.25, 0.3) is 5.91 Å². The van der Waals surface area contributed by atoms with Gasteiger partial charge in [0, 0.05) is 24.3 Å². The number of para-hydroxylation sites is 1. The summed E-state index contributed by atoms with van der Waals surface area (Å²) in [4.78, 5) is 19.4. The van der Waals surface area contributed by atoms with Gasteiger partial charge >= 0.3 is 0 Å². The van der Waals surface area contributed by atoms with Crippen LogP contribution in [0.15, 0.2) is 28.7 Å². The number of nitrogens with zero attached hydrogens (tertiary/aromatic N) is 3. The summed E-state index contributed by atoms with van der Waals surface area (Å²) in [7, 11) is 0. The molecule has 6 nitrogen and oxygen atoms in total. The predicted molar refractivity (Wildman–Crippen MR) is 87.6 cm³/mol. The summed E-state index contributed by atoms with van der Waals surface area (Å²) >= 11 is 0. The minimum Gasteiger partial charge on any atom is -0.445 e. The lowest BCUT2D eigenvalue weighted by molar-refractivity contribution is 0.0723. The van der Waals surface area contributed by atoms with Gasteiger partial charge in [-0.15, -0.1) is 0 Å². The number of oxazole rings is 1. The first-order valence-corrected chi connectivity index (χ1v) is 8.50. The SMILES string of the molecule is O=C(c1n[nH]c2ccccc12)N1CCc2oc(C3CCC3)nc2C1. The molecule has 3 heterocycles. The van der Waals surface area contributed by atoms with E-state index >= 15 is 0 Å². The van der Waals surface area contributed by atoms with Crippen molar-refractivity contribution in [1.82, 2.24) is 20.1 Å². The molecule has 1 fully saturated rings. The molecule has 2 aromatic heterocycles. The minimum absolute atomic E-state index is 0.0497. The molecule has 1 aromatic carbocycles. The van der Waals surface area contributed by atoms with Gasteiger partial charge in [-0.3, -0.25) is 9.89 Å². The van der Waals surface area contributed by atoms with Gasteiger partial charge in [-0.25, -0.2) is 4.98 Å². The number of benzene rings is 1. The number of amides is 1. The van der Waals surface area contributed by atoms with E-state index in [1.54, 1.807) is 0 Å². The molecule has 122 valence electrons. The fourth-order valence-corrected chi connectivity index (χ4v) is 3.50. The van der Waals surface area contributed by atoms with Crippen molar-refractivity contribution in [2.75, 3.05) is 6.54 Å². The number of carbonyl (C=O) groups is 1. The van der Waals surface area contributed by atoms with Crippen LogP contribution >= 0.6 is 0 Å². The molecule has 6 heteroatoms. The van der Waals surface area contributed by atoms with Crippen LogP contribution in [0.2, 0.25) is 0 Å². The molecule has 0 saturated heterocycles. The number of fused-ring (bicyclic) bond motifs is 2. The molecule has 1 aliphatic heterocycles. The number of hydrogen-bond acceptors (Lipinski definition) is 4. The molecular weight excluding hydrogens is 304 g/mol. The van der Waals surface area contributed by atoms with E-state index in [1.165, 1.54) is 19.3 Å². The topological polar surface area (TPSA) is 75.0 Å². The molecule has 3 aromatic rings. The van der Waals surface area contributed by atoms with Crippen LogP contribution in [0, 0.1) is 0 Å². The van der Waals surface area contributed by atoms with Crippen LogP contribution in [0.4, 0.5) is 0 Å². The van der Waals surface area contributed by atoms with Crippen LogP contribution in [-0.2, 0) is 13.0 Å². The quantitative estimate of drug-likeness (QED) is 0.787. The third kappa shape index (κ3) is 2.06. The number of nitrogens with one attached hydrogen (secondary N) is 1. The Morgan fingerprint density at radius 1 is 1.29 bits per heavy atom. The standard InChI is InChI=1S/C18H18N4O2/c23-18(16-12-6-1-2-7-13(12)20-21-16)22-9-8-15-14(10-22)19-17(24-15)11-4-3-5-11/h1-2,6-7,11H,3-5,8-10H2,(H,20,21). The monoisotopic (exact) mass is 322 g/mol. The summed E-state index contributed by atoms with van der Waals surface area (Å²) in [6.07, 6.45) is 4.32. The molecule has 2 aliphatic rings. The summed E-state index contributed by atoms with van der Waals surface area (Å²) in [5.74, 6) is 2.25. The van der Waals surface area contributed by atoms with E-state index < -0.39 is 0 Å². The number of carbonyl (C=O) groups excluding carboxylic acids is 1. The Bertz CT molecular complexity index is 922. The molecule has 24 heavy (non-hydrogen) atoms. The van der Waals surface area contributed by atoms with Crippen LogP contribution in [0.1, 0.15) is 53.0 Å². The Morgan fingerprint density at radius 3 is 3.00 bits per heavy atom. The van der Waals surface area contributed by atoms with Gasteiger partial charge in [-0.05, 0) is 18.9 Å². The number of rotatable bonds is 2. The number of aromatic amines is 1. The third-order valence-electron chi connectivity index (χ3n) is 5.16. The summed E-state index contributed by atoms with van der Waals surface area (Å²) < 4.78 is 5.93. The minimum atomic E-state index is -0.0497. The largest absolute Gasteiger partial charge is 0.445 e. The van der Waals surface area contributed by atoms with Crippen molar-refractivity contribution in [2.24, 2.45) is 0 Å².